The number of hydrogen-bond acceptors (Lipinski definition) is 8. The molecule has 0 saturated heterocycles. The Kier molecular flexibility index (Phi) is 9.13. The lowest BCUT2D eigenvalue weighted by Crippen LogP contribution is -2.20. The summed E-state index contributed by atoms with van der Waals surface area (Å²) < 4.78 is 48.3. The Bertz CT molecular complexity index is 1260. The summed E-state index contributed by atoms with van der Waals surface area (Å²) in [5.41, 5.74) is 2.63. The van der Waals surface area contributed by atoms with Crippen LogP contribution in [0.5, 0.6) is 5.75 Å². The second kappa shape index (κ2) is 12.1. The van der Waals surface area contributed by atoms with Crippen LogP contribution >= 0.6 is 34.5 Å². The number of thiazole rings is 1. The standard InChI is InChI=1S/C22H17Cl2F3N4O4S/c1-34-19(33)10-35-20-16(23)5-12(6-17(20)24)9-28-31-18(32)8-15-11-36-21(30-15)29-14-4-2-3-13(7-14)22(25,26)27/h2-7,9,11H,8,10H2,1H3,(H,29,30)(H,31,32)/b28-9-. The van der Waals surface area contributed by atoms with Crippen molar-refractivity contribution in [2.45, 2.75) is 12.6 Å². The van der Waals surface area contributed by atoms with E-state index in [4.69, 9.17) is 27.9 Å². The van der Waals surface area contributed by atoms with Crippen molar-refractivity contribution < 1.29 is 32.2 Å². The van der Waals surface area contributed by atoms with Crippen LogP contribution in [0, 0.1) is 0 Å². The SMILES string of the molecule is COC(=O)COc1c(Cl)cc(/C=N\NC(=O)Cc2csc(Nc3cccc(C(F)(F)F)c3)n2)cc1Cl. The molecule has 8 nitrogen and oxygen atoms in total. The molecule has 14 heteroatoms. The number of carbonyl (C=O) groups excluding carboxylic acids is 2. The van der Waals surface area contributed by atoms with E-state index in [0.29, 0.717) is 16.4 Å². The zero-order valence-electron chi connectivity index (χ0n) is 18.4. The van der Waals surface area contributed by atoms with Gasteiger partial charge in [-0.15, -0.1) is 11.3 Å². The van der Waals surface area contributed by atoms with Crippen LogP contribution in [0.25, 0.3) is 0 Å². The number of halogens is 5. The van der Waals surface area contributed by atoms with Crippen molar-refractivity contribution in [3.8, 4) is 5.75 Å². The molecular formula is C22H17Cl2F3N4O4S. The Hall–Kier alpha value is -3.35. The van der Waals surface area contributed by atoms with Crippen molar-refractivity contribution in [2.24, 2.45) is 5.10 Å². The van der Waals surface area contributed by atoms with Gasteiger partial charge >= 0.3 is 12.1 Å². The molecular weight excluding hydrogens is 544 g/mol. The van der Waals surface area contributed by atoms with Gasteiger partial charge in [-0.1, -0.05) is 29.3 Å². The number of hydrogen-bond donors (Lipinski definition) is 2. The van der Waals surface area contributed by atoms with E-state index in [2.05, 4.69) is 25.6 Å². The number of amides is 1. The molecule has 0 aliphatic rings. The number of ether oxygens (including phenoxy) is 2. The number of alkyl halides is 3. The monoisotopic (exact) mass is 560 g/mol. The van der Waals surface area contributed by atoms with Gasteiger partial charge in [0.05, 0.1) is 41.0 Å². The quantitative estimate of drug-likeness (QED) is 0.205. The summed E-state index contributed by atoms with van der Waals surface area (Å²) >= 11 is 13.4. The summed E-state index contributed by atoms with van der Waals surface area (Å²) in [6, 6.07) is 7.66. The van der Waals surface area contributed by atoms with Gasteiger partial charge in [0.1, 0.15) is 0 Å². The van der Waals surface area contributed by atoms with Crippen LogP contribution in [0.4, 0.5) is 24.0 Å². The summed E-state index contributed by atoms with van der Waals surface area (Å²) in [6.07, 6.45) is -3.26. The van der Waals surface area contributed by atoms with Gasteiger partial charge < -0.3 is 14.8 Å². The van der Waals surface area contributed by atoms with Crippen LogP contribution in [0.15, 0.2) is 46.9 Å². The lowest BCUT2D eigenvalue weighted by Gasteiger charge is -2.09. The number of methoxy groups -OCH3 is 1. The molecule has 1 aromatic heterocycles. The topological polar surface area (TPSA) is 102 Å². The number of hydrazone groups is 1. The van der Waals surface area contributed by atoms with Gasteiger partial charge in [-0.3, -0.25) is 4.79 Å². The molecule has 1 amide bonds. The molecule has 0 radical (unpaired) electrons. The molecule has 1 heterocycles. The maximum Gasteiger partial charge on any atom is 0.416 e. The van der Waals surface area contributed by atoms with Gasteiger partial charge in [0.2, 0.25) is 5.91 Å². The first kappa shape index (κ1) is 27.2. The van der Waals surface area contributed by atoms with Crippen molar-refractivity contribution in [1.82, 2.24) is 10.4 Å². The average molecular weight is 561 g/mol. The lowest BCUT2D eigenvalue weighted by molar-refractivity contribution is -0.143. The molecule has 36 heavy (non-hydrogen) atoms. The third-order valence-corrected chi connectivity index (χ3v) is 5.69. The minimum absolute atomic E-state index is 0.1000. The summed E-state index contributed by atoms with van der Waals surface area (Å²) in [4.78, 5) is 27.6. The van der Waals surface area contributed by atoms with Crippen molar-refractivity contribution in [3.63, 3.8) is 0 Å². The van der Waals surface area contributed by atoms with E-state index in [-0.39, 0.29) is 34.5 Å². The van der Waals surface area contributed by atoms with E-state index in [9.17, 15) is 22.8 Å². The van der Waals surface area contributed by atoms with Gasteiger partial charge in [0.25, 0.3) is 0 Å². The molecule has 0 aliphatic carbocycles. The fourth-order valence-electron chi connectivity index (χ4n) is 2.71. The van der Waals surface area contributed by atoms with Gasteiger partial charge in [-0.05, 0) is 35.9 Å². The van der Waals surface area contributed by atoms with E-state index in [0.717, 1.165) is 23.5 Å². The maximum absolute atomic E-state index is 12.9. The number of anilines is 2. The number of nitrogens with one attached hydrogen (secondary N) is 2. The molecule has 0 saturated carbocycles. The van der Waals surface area contributed by atoms with E-state index < -0.39 is 23.6 Å². The van der Waals surface area contributed by atoms with Crippen molar-refractivity contribution in [3.05, 3.63) is 68.6 Å². The molecule has 2 aromatic carbocycles. The van der Waals surface area contributed by atoms with Crippen molar-refractivity contribution in [2.75, 3.05) is 19.0 Å². The molecule has 0 fully saturated rings. The summed E-state index contributed by atoms with van der Waals surface area (Å²) in [7, 11) is 1.22. The van der Waals surface area contributed by atoms with Gasteiger partial charge in [-0.2, -0.15) is 18.3 Å². The van der Waals surface area contributed by atoms with Crippen LogP contribution in [-0.2, 0) is 26.9 Å². The zero-order valence-corrected chi connectivity index (χ0v) is 20.7. The highest BCUT2D eigenvalue weighted by atomic mass is 35.5. The van der Waals surface area contributed by atoms with E-state index in [1.54, 1.807) is 5.38 Å². The van der Waals surface area contributed by atoms with Crippen LogP contribution in [0.3, 0.4) is 0 Å². The minimum atomic E-state index is -4.46. The van der Waals surface area contributed by atoms with Crippen molar-refractivity contribution in [1.29, 1.82) is 0 Å². The van der Waals surface area contributed by atoms with Gasteiger partial charge in [0.15, 0.2) is 17.5 Å². The maximum atomic E-state index is 12.9. The molecule has 0 unspecified atom stereocenters. The molecule has 3 aromatic rings. The molecule has 0 spiro atoms. The number of esters is 1. The molecule has 0 aliphatic heterocycles. The van der Waals surface area contributed by atoms with Gasteiger partial charge in [-0.25, -0.2) is 15.2 Å². The molecule has 0 atom stereocenters. The van der Waals surface area contributed by atoms with Crippen LogP contribution in [0.1, 0.15) is 16.8 Å². The highest BCUT2D eigenvalue weighted by Crippen LogP contribution is 2.34. The third kappa shape index (κ3) is 7.83. The second-order valence-corrected chi connectivity index (χ2v) is 8.67. The Morgan fingerprint density at radius 1 is 1.19 bits per heavy atom. The zero-order chi connectivity index (χ0) is 26.3. The first-order valence-electron chi connectivity index (χ1n) is 9.94. The first-order chi connectivity index (χ1) is 17.0. The number of aromatic nitrogens is 1. The predicted octanol–water partition coefficient (Wildman–Crippen LogP) is 5.46. The first-order valence-corrected chi connectivity index (χ1v) is 11.6. The minimum Gasteiger partial charge on any atom is -0.479 e. The number of benzene rings is 2. The molecule has 3 rings (SSSR count). The third-order valence-electron chi connectivity index (χ3n) is 4.32. The molecule has 0 bridgehead atoms. The largest absolute Gasteiger partial charge is 0.479 e. The molecule has 2 N–H and O–H groups in total. The predicted molar refractivity (Wildman–Crippen MR) is 130 cm³/mol. The van der Waals surface area contributed by atoms with Crippen LogP contribution in [0.2, 0.25) is 10.0 Å². The Balaban J connectivity index is 1.54. The molecule has 190 valence electrons. The van der Waals surface area contributed by atoms with Crippen LogP contribution < -0.4 is 15.5 Å². The smallest absolute Gasteiger partial charge is 0.416 e. The summed E-state index contributed by atoms with van der Waals surface area (Å²) in [5, 5.41) is 8.82. The van der Waals surface area contributed by atoms with E-state index in [1.165, 1.54) is 37.6 Å². The lowest BCUT2D eigenvalue weighted by atomic mass is 10.2. The number of carbonyl (C=O) groups is 2. The Morgan fingerprint density at radius 2 is 1.92 bits per heavy atom. The van der Waals surface area contributed by atoms with E-state index in [1.807, 2.05) is 0 Å². The van der Waals surface area contributed by atoms with Crippen LogP contribution in [-0.4, -0.2) is 36.8 Å². The number of nitrogens with zero attached hydrogens (tertiary/aromatic N) is 2. The highest BCUT2D eigenvalue weighted by Gasteiger charge is 2.30. The fourth-order valence-corrected chi connectivity index (χ4v) is 4.05. The number of rotatable bonds is 9. The summed E-state index contributed by atoms with van der Waals surface area (Å²) in [5.74, 6) is -0.977. The average Bonchev–Trinajstić information content (AvgIpc) is 3.24. The Labute approximate surface area is 217 Å². The highest BCUT2D eigenvalue weighted by molar-refractivity contribution is 7.13. The summed E-state index contributed by atoms with van der Waals surface area (Å²) in [6.45, 7) is -0.368. The second-order valence-electron chi connectivity index (χ2n) is 7.00. The Morgan fingerprint density at radius 3 is 2.58 bits per heavy atom. The van der Waals surface area contributed by atoms with Crippen molar-refractivity contribution >= 4 is 63.4 Å². The van der Waals surface area contributed by atoms with Gasteiger partial charge in [0, 0.05) is 11.1 Å². The fraction of sp³-hybridized carbons (Fsp3) is 0.182. The van der Waals surface area contributed by atoms with E-state index >= 15 is 0 Å². The normalized spacial score (nSPS) is 11.4.